The van der Waals surface area contributed by atoms with Crippen molar-refractivity contribution in [2.75, 3.05) is 6.61 Å². The normalized spacial score (nSPS) is 16.8. The van der Waals surface area contributed by atoms with E-state index in [1.807, 2.05) is 31.2 Å². The molecule has 24 heavy (non-hydrogen) atoms. The molecule has 0 fully saturated rings. The number of halogens is 1. The van der Waals surface area contributed by atoms with Crippen LogP contribution in [0.5, 0.6) is 0 Å². The molecule has 4 nitrogen and oxygen atoms in total. The van der Waals surface area contributed by atoms with E-state index in [1.165, 1.54) is 0 Å². The molecule has 1 aromatic heterocycles. The van der Waals surface area contributed by atoms with Crippen molar-refractivity contribution in [1.82, 2.24) is 4.98 Å². The Morgan fingerprint density at radius 1 is 1.33 bits per heavy atom. The molecule has 0 aliphatic heterocycles. The van der Waals surface area contributed by atoms with Gasteiger partial charge in [0.1, 0.15) is 5.69 Å². The van der Waals surface area contributed by atoms with Gasteiger partial charge in [0.25, 0.3) is 0 Å². The molecule has 0 saturated heterocycles. The topological polar surface area (TPSA) is 59.2 Å². The maximum absolute atomic E-state index is 12.6. The van der Waals surface area contributed by atoms with Crippen LogP contribution in [0.15, 0.2) is 24.3 Å². The summed E-state index contributed by atoms with van der Waals surface area (Å²) in [6, 6.07) is 7.60. The fourth-order valence-corrected chi connectivity index (χ4v) is 3.62. The van der Waals surface area contributed by atoms with Crippen LogP contribution in [0.25, 0.3) is 0 Å². The van der Waals surface area contributed by atoms with Gasteiger partial charge in [-0.15, -0.1) is 0 Å². The van der Waals surface area contributed by atoms with Crippen LogP contribution in [0.3, 0.4) is 0 Å². The lowest BCUT2D eigenvalue weighted by Gasteiger charge is -2.22. The van der Waals surface area contributed by atoms with Crippen LogP contribution < -0.4 is 0 Å². The van der Waals surface area contributed by atoms with Crippen molar-refractivity contribution in [2.45, 2.75) is 39.0 Å². The maximum atomic E-state index is 12.6. The molecule has 0 radical (unpaired) electrons. The highest BCUT2D eigenvalue weighted by Gasteiger charge is 2.32. The first kappa shape index (κ1) is 16.8. The monoisotopic (exact) mass is 345 g/mol. The Bertz CT molecular complexity index is 794. The molecule has 2 aromatic rings. The Morgan fingerprint density at radius 2 is 2.08 bits per heavy atom. The number of rotatable bonds is 4. The molecule has 0 spiro atoms. The Morgan fingerprint density at radius 3 is 2.79 bits per heavy atom. The summed E-state index contributed by atoms with van der Waals surface area (Å²) < 4.78 is 5.20. The van der Waals surface area contributed by atoms with E-state index in [1.54, 1.807) is 6.92 Å². The van der Waals surface area contributed by atoms with Gasteiger partial charge in [-0.3, -0.25) is 4.79 Å². The molecule has 1 heterocycles. The van der Waals surface area contributed by atoms with Gasteiger partial charge in [-0.05, 0) is 42.9 Å². The van der Waals surface area contributed by atoms with Crippen molar-refractivity contribution >= 4 is 23.4 Å². The number of nitrogens with one attached hydrogen (secondary N) is 1. The molecule has 0 amide bonds. The van der Waals surface area contributed by atoms with E-state index in [4.69, 9.17) is 16.3 Å². The number of hydrogen-bond donors (Lipinski definition) is 1. The highest BCUT2D eigenvalue weighted by molar-refractivity contribution is 6.31. The van der Waals surface area contributed by atoms with E-state index >= 15 is 0 Å². The number of carbonyl (C=O) groups is 2. The summed E-state index contributed by atoms with van der Waals surface area (Å²) in [5.74, 6) is -0.327. The van der Waals surface area contributed by atoms with Gasteiger partial charge in [-0.25, -0.2) is 4.79 Å². The second-order valence-electron chi connectivity index (χ2n) is 6.16. The zero-order valence-electron chi connectivity index (χ0n) is 13.8. The molecule has 3 rings (SSSR count). The zero-order valence-corrected chi connectivity index (χ0v) is 14.6. The van der Waals surface area contributed by atoms with Crippen molar-refractivity contribution < 1.29 is 14.3 Å². The minimum absolute atomic E-state index is 0.0243. The number of hydrogen-bond acceptors (Lipinski definition) is 3. The molecular weight excluding hydrogens is 326 g/mol. The second-order valence-corrected chi connectivity index (χ2v) is 6.57. The average Bonchev–Trinajstić information content (AvgIpc) is 2.90. The predicted molar refractivity (Wildman–Crippen MR) is 92.9 cm³/mol. The number of carbonyl (C=O) groups excluding carboxylic acids is 2. The minimum Gasteiger partial charge on any atom is -0.461 e. The first-order valence-corrected chi connectivity index (χ1v) is 8.56. The third-order valence-electron chi connectivity index (χ3n) is 4.48. The van der Waals surface area contributed by atoms with Crippen LogP contribution in [0.2, 0.25) is 5.02 Å². The average molecular weight is 346 g/mol. The number of benzene rings is 1. The molecule has 0 bridgehead atoms. The molecule has 1 aliphatic carbocycles. The summed E-state index contributed by atoms with van der Waals surface area (Å²) in [7, 11) is 0. The highest BCUT2D eigenvalue weighted by Crippen LogP contribution is 2.37. The van der Waals surface area contributed by atoms with Crippen molar-refractivity contribution in [3.8, 4) is 0 Å². The SMILES string of the molecule is CCCOC(=O)c1[nH]c2c(c1C)C(=O)C[C@@H](c1ccccc1Cl)C2. The number of aromatic amines is 1. The van der Waals surface area contributed by atoms with E-state index in [0.29, 0.717) is 41.3 Å². The van der Waals surface area contributed by atoms with E-state index < -0.39 is 5.97 Å². The highest BCUT2D eigenvalue weighted by atomic mass is 35.5. The molecule has 126 valence electrons. The van der Waals surface area contributed by atoms with Crippen LogP contribution in [0.4, 0.5) is 0 Å². The number of ketones is 1. The van der Waals surface area contributed by atoms with Gasteiger partial charge >= 0.3 is 5.97 Å². The zero-order chi connectivity index (χ0) is 17.3. The van der Waals surface area contributed by atoms with Crippen molar-refractivity contribution in [2.24, 2.45) is 0 Å². The van der Waals surface area contributed by atoms with Crippen molar-refractivity contribution in [3.05, 3.63) is 57.4 Å². The quantitative estimate of drug-likeness (QED) is 0.832. The first-order chi connectivity index (χ1) is 11.5. The fraction of sp³-hybridized carbons (Fsp3) is 0.368. The van der Waals surface area contributed by atoms with E-state index in [2.05, 4.69) is 4.98 Å². The van der Waals surface area contributed by atoms with E-state index in [9.17, 15) is 9.59 Å². The minimum atomic E-state index is -0.397. The van der Waals surface area contributed by atoms with Gasteiger partial charge in [-0.2, -0.15) is 0 Å². The van der Waals surface area contributed by atoms with E-state index in [-0.39, 0.29) is 11.7 Å². The largest absolute Gasteiger partial charge is 0.461 e. The molecule has 0 unspecified atom stereocenters. The molecule has 1 atom stereocenters. The number of fused-ring (bicyclic) bond motifs is 1. The number of esters is 1. The van der Waals surface area contributed by atoms with Crippen molar-refractivity contribution in [3.63, 3.8) is 0 Å². The van der Waals surface area contributed by atoms with Gasteiger partial charge in [0.2, 0.25) is 0 Å². The van der Waals surface area contributed by atoms with E-state index in [0.717, 1.165) is 17.7 Å². The summed E-state index contributed by atoms with van der Waals surface area (Å²) in [5.41, 5.74) is 3.50. The molecule has 5 heteroatoms. The number of H-pyrrole nitrogens is 1. The molecular formula is C19H20ClNO3. The van der Waals surface area contributed by atoms with Crippen LogP contribution in [-0.2, 0) is 11.2 Å². The predicted octanol–water partition coefficient (Wildman–Crippen LogP) is 4.46. The smallest absolute Gasteiger partial charge is 0.355 e. The Hall–Kier alpha value is -2.07. The Balaban J connectivity index is 1.93. The van der Waals surface area contributed by atoms with Gasteiger partial charge in [0, 0.05) is 22.7 Å². The summed E-state index contributed by atoms with van der Waals surface area (Å²) in [4.78, 5) is 27.9. The molecule has 1 aromatic carbocycles. The lowest BCUT2D eigenvalue weighted by Crippen LogP contribution is -2.18. The molecule has 1 aliphatic rings. The number of Topliss-reactive ketones (excluding diaryl/α,β-unsaturated/α-hetero) is 1. The van der Waals surface area contributed by atoms with Crippen LogP contribution >= 0.6 is 11.6 Å². The summed E-state index contributed by atoms with van der Waals surface area (Å²) in [6.45, 7) is 4.11. The summed E-state index contributed by atoms with van der Waals surface area (Å²) >= 11 is 6.28. The number of aromatic nitrogens is 1. The van der Waals surface area contributed by atoms with Gasteiger partial charge < -0.3 is 9.72 Å². The van der Waals surface area contributed by atoms with Crippen LogP contribution in [-0.4, -0.2) is 23.3 Å². The molecule has 1 N–H and O–H groups in total. The lowest BCUT2D eigenvalue weighted by atomic mass is 9.81. The van der Waals surface area contributed by atoms with Gasteiger partial charge in [0.05, 0.1) is 6.61 Å². The fourth-order valence-electron chi connectivity index (χ4n) is 3.33. The standard InChI is InChI=1S/C19H20ClNO3/c1-3-8-24-19(23)18-11(2)17-15(21-18)9-12(10-16(17)22)13-6-4-5-7-14(13)20/h4-7,12,21H,3,8-10H2,1-2H3/t12-/m0/s1. The third kappa shape index (κ3) is 2.98. The van der Waals surface area contributed by atoms with Crippen LogP contribution in [0.1, 0.15) is 63.4 Å². The number of ether oxygens (including phenoxy) is 1. The molecule has 0 saturated carbocycles. The van der Waals surface area contributed by atoms with Crippen molar-refractivity contribution in [1.29, 1.82) is 0 Å². The van der Waals surface area contributed by atoms with Gasteiger partial charge in [-0.1, -0.05) is 36.7 Å². The lowest BCUT2D eigenvalue weighted by molar-refractivity contribution is 0.0498. The Labute approximate surface area is 146 Å². The Kier molecular flexibility index (Phi) is 4.76. The van der Waals surface area contributed by atoms with Crippen LogP contribution in [0, 0.1) is 6.92 Å². The van der Waals surface area contributed by atoms with Gasteiger partial charge in [0.15, 0.2) is 5.78 Å². The summed E-state index contributed by atoms with van der Waals surface area (Å²) in [5, 5.41) is 0.671. The second kappa shape index (κ2) is 6.81. The maximum Gasteiger partial charge on any atom is 0.355 e. The third-order valence-corrected chi connectivity index (χ3v) is 4.82. The first-order valence-electron chi connectivity index (χ1n) is 8.19. The summed E-state index contributed by atoms with van der Waals surface area (Å²) in [6.07, 6.45) is 1.82.